The van der Waals surface area contributed by atoms with Crippen molar-refractivity contribution in [2.45, 2.75) is 26.5 Å². The Morgan fingerprint density at radius 2 is 2.20 bits per heavy atom. The Morgan fingerprint density at radius 3 is 2.75 bits per heavy atom. The monoisotopic (exact) mass is 281 g/mol. The van der Waals surface area contributed by atoms with Crippen molar-refractivity contribution in [2.75, 3.05) is 13.6 Å². The van der Waals surface area contributed by atoms with Crippen LogP contribution in [-0.4, -0.2) is 24.6 Å². The molecule has 1 atom stereocenters. The Kier molecular flexibility index (Phi) is 5.92. The number of carbonyl (C=O) groups is 1. The quantitative estimate of drug-likeness (QED) is 0.615. The number of nitro benzene ring substituents is 1. The standard InChI is InChI=1S/C13H19N3O4/c1-4-15-13(17)20-9(2)11-7-10(8-14-3)5-6-12(11)16(18)19/h5-7,9,14H,4,8H2,1-3H3,(H,15,17). The summed E-state index contributed by atoms with van der Waals surface area (Å²) in [7, 11) is 1.79. The van der Waals surface area contributed by atoms with E-state index < -0.39 is 17.1 Å². The number of benzene rings is 1. The summed E-state index contributed by atoms with van der Waals surface area (Å²) < 4.78 is 5.13. The number of rotatable bonds is 6. The highest BCUT2D eigenvalue weighted by atomic mass is 16.6. The van der Waals surface area contributed by atoms with E-state index in [1.165, 1.54) is 6.07 Å². The summed E-state index contributed by atoms with van der Waals surface area (Å²) in [4.78, 5) is 22.0. The maximum atomic E-state index is 11.4. The number of nitro groups is 1. The maximum absolute atomic E-state index is 11.4. The Labute approximate surface area is 117 Å². The summed E-state index contributed by atoms with van der Waals surface area (Å²) in [6, 6.07) is 4.79. The van der Waals surface area contributed by atoms with Crippen molar-refractivity contribution in [2.24, 2.45) is 0 Å². The van der Waals surface area contributed by atoms with E-state index in [2.05, 4.69) is 10.6 Å². The van der Waals surface area contributed by atoms with Crippen LogP contribution in [0.25, 0.3) is 0 Å². The van der Waals surface area contributed by atoms with Crippen molar-refractivity contribution >= 4 is 11.8 Å². The average Bonchev–Trinajstić information content (AvgIpc) is 2.38. The van der Waals surface area contributed by atoms with E-state index in [9.17, 15) is 14.9 Å². The third-order valence-electron chi connectivity index (χ3n) is 2.71. The van der Waals surface area contributed by atoms with Crippen LogP contribution in [0.1, 0.15) is 31.1 Å². The topological polar surface area (TPSA) is 93.5 Å². The summed E-state index contributed by atoms with van der Waals surface area (Å²) in [6.07, 6.45) is -1.29. The van der Waals surface area contributed by atoms with Crippen LogP contribution in [0, 0.1) is 10.1 Å². The van der Waals surface area contributed by atoms with Gasteiger partial charge in [-0.05, 0) is 32.5 Å². The lowest BCUT2D eigenvalue weighted by atomic mass is 10.0. The Hall–Kier alpha value is -2.15. The smallest absolute Gasteiger partial charge is 0.407 e. The lowest BCUT2D eigenvalue weighted by molar-refractivity contribution is -0.386. The molecule has 0 heterocycles. The Bertz CT molecular complexity index is 491. The van der Waals surface area contributed by atoms with E-state index >= 15 is 0 Å². The van der Waals surface area contributed by atoms with Gasteiger partial charge in [0.15, 0.2) is 0 Å². The summed E-state index contributed by atoms with van der Waals surface area (Å²) in [5.74, 6) is 0. The molecular formula is C13H19N3O4. The van der Waals surface area contributed by atoms with Crippen molar-refractivity contribution in [1.29, 1.82) is 0 Å². The molecule has 0 saturated carbocycles. The van der Waals surface area contributed by atoms with Gasteiger partial charge in [0.1, 0.15) is 6.10 Å². The molecule has 0 fully saturated rings. The van der Waals surface area contributed by atoms with Gasteiger partial charge in [-0.25, -0.2) is 4.79 Å². The molecule has 7 heteroatoms. The van der Waals surface area contributed by atoms with Gasteiger partial charge in [0.25, 0.3) is 5.69 Å². The molecule has 1 unspecified atom stereocenters. The lowest BCUT2D eigenvalue weighted by Gasteiger charge is -2.15. The molecular weight excluding hydrogens is 262 g/mol. The summed E-state index contributed by atoms with van der Waals surface area (Å²) in [5, 5.41) is 16.5. The maximum Gasteiger partial charge on any atom is 0.407 e. The van der Waals surface area contributed by atoms with Crippen LogP contribution >= 0.6 is 0 Å². The highest BCUT2D eigenvalue weighted by molar-refractivity contribution is 5.67. The zero-order chi connectivity index (χ0) is 15.1. The molecule has 0 aromatic heterocycles. The fourth-order valence-electron chi connectivity index (χ4n) is 1.82. The molecule has 0 bridgehead atoms. The second kappa shape index (κ2) is 7.44. The molecule has 0 radical (unpaired) electrons. The highest BCUT2D eigenvalue weighted by Gasteiger charge is 2.22. The molecule has 1 aromatic carbocycles. The molecule has 7 nitrogen and oxygen atoms in total. The molecule has 0 aliphatic rings. The minimum atomic E-state index is -0.696. The van der Waals surface area contributed by atoms with Gasteiger partial charge in [0, 0.05) is 19.2 Å². The van der Waals surface area contributed by atoms with Crippen molar-refractivity contribution in [3.63, 3.8) is 0 Å². The van der Waals surface area contributed by atoms with E-state index in [4.69, 9.17) is 4.74 Å². The average molecular weight is 281 g/mol. The first kappa shape index (κ1) is 15.9. The predicted molar refractivity (Wildman–Crippen MR) is 74.4 cm³/mol. The number of carbonyl (C=O) groups excluding carboxylic acids is 1. The number of nitrogens with one attached hydrogen (secondary N) is 2. The van der Waals surface area contributed by atoms with E-state index in [1.54, 1.807) is 33.0 Å². The van der Waals surface area contributed by atoms with Crippen LogP contribution < -0.4 is 10.6 Å². The number of nitrogens with zero attached hydrogens (tertiary/aromatic N) is 1. The van der Waals surface area contributed by atoms with Crippen LogP contribution in [0.3, 0.4) is 0 Å². The molecule has 0 aliphatic heterocycles. The van der Waals surface area contributed by atoms with Crippen LogP contribution in [0.4, 0.5) is 10.5 Å². The van der Waals surface area contributed by atoms with E-state index in [0.717, 1.165) is 5.56 Å². The van der Waals surface area contributed by atoms with Crippen molar-refractivity contribution < 1.29 is 14.5 Å². The van der Waals surface area contributed by atoms with Gasteiger partial charge in [-0.15, -0.1) is 0 Å². The molecule has 0 aliphatic carbocycles. The van der Waals surface area contributed by atoms with Gasteiger partial charge in [0.05, 0.1) is 10.5 Å². The third kappa shape index (κ3) is 4.20. The van der Waals surface area contributed by atoms with Crippen LogP contribution in [0.2, 0.25) is 0 Å². The van der Waals surface area contributed by atoms with Crippen LogP contribution in [-0.2, 0) is 11.3 Å². The molecule has 2 N–H and O–H groups in total. The Morgan fingerprint density at radius 1 is 1.50 bits per heavy atom. The number of amides is 1. The number of ether oxygens (including phenoxy) is 1. The van der Waals surface area contributed by atoms with Gasteiger partial charge in [-0.1, -0.05) is 6.07 Å². The lowest BCUT2D eigenvalue weighted by Crippen LogP contribution is -2.25. The van der Waals surface area contributed by atoms with E-state index in [0.29, 0.717) is 18.7 Å². The minimum Gasteiger partial charge on any atom is -0.441 e. The number of alkyl carbamates (subject to hydrolysis) is 1. The summed E-state index contributed by atoms with van der Waals surface area (Å²) in [6.45, 7) is 4.40. The number of hydrogen-bond acceptors (Lipinski definition) is 5. The van der Waals surface area contributed by atoms with Crippen molar-refractivity contribution in [3.8, 4) is 0 Å². The molecule has 110 valence electrons. The second-order valence-electron chi connectivity index (χ2n) is 4.26. The normalized spacial score (nSPS) is 11.8. The summed E-state index contributed by atoms with van der Waals surface area (Å²) >= 11 is 0. The van der Waals surface area contributed by atoms with E-state index in [-0.39, 0.29) is 5.69 Å². The first-order valence-electron chi connectivity index (χ1n) is 6.35. The van der Waals surface area contributed by atoms with Gasteiger partial charge in [-0.3, -0.25) is 10.1 Å². The SMILES string of the molecule is CCNC(=O)OC(C)c1cc(CNC)ccc1[N+](=O)[O-]. The first-order chi connectivity index (χ1) is 9.49. The molecule has 0 spiro atoms. The molecule has 0 saturated heterocycles. The minimum absolute atomic E-state index is 0.0540. The zero-order valence-electron chi connectivity index (χ0n) is 11.8. The molecule has 1 rings (SSSR count). The van der Waals surface area contributed by atoms with E-state index in [1.807, 2.05) is 0 Å². The van der Waals surface area contributed by atoms with Gasteiger partial charge < -0.3 is 15.4 Å². The van der Waals surface area contributed by atoms with Crippen LogP contribution in [0.5, 0.6) is 0 Å². The van der Waals surface area contributed by atoms with Crippen molar-refractivity contribution in [3.05, 3.63) is 39.4 Å². The fourth-order valence-corrected chi connectivity index (χ4v) is 1.82. The fraction of sp³-hybridized carbons (Fsp3) is 0.462. The number of hydrogen-bond donors (Lipinski definition) is 2. The molecule has 1 aromatic rings. The van der Waals surface area contributed by atoms with Crippen molar-refractivity contribution in [1.82, 2.24) is 10.6 Å². The second-order valence-corrected chi connectivity index (χ2v) is 4.26. The highest BCUT2D eigenvalue weighted by Crippen LogP contribution is 2.28. The van der Waals surface area contributed by atoms with Crippen LogP contribution in [0.15, 0.2) is 18.2 Å². The first-order valence-corrected chi connectivity index (χ1v) is 6.35. The summed E-state index contributed by atoms with van der Waals surface area (Å²) in [5.41, 5.74) is 1.22. The molecule has 20 heavy (non-hydrogen) atoms. The Balaban J connectivity index is 3.02. The zero-order valence-corrected chi connectivity index (χ0v) is 11.8. The largest absolute Gasteiger partial charge is 0.441 e. The predicted octanol–water partition coefficient (Wildman–Crippen LogP) is 2.12. The van der Waals surface area contributed by atoms with Gasteiger partial charge in [0.2, 0.25) is 0 Å². The molecule has 1 amide bonds. The third-order valence-corrected chi connectivity index (χ3v) is 2.71. The van der Waals surface area contributed by atoms with Gasteiger partial charge >= 0.3 is 6.09 Å². The van der Waals surface area contributed by atoms with Gasteiger partial charge in [-0.2, -0.15) is 0 Å².